The van der Waals surface area contributed by atoms with E-state index in [1.807, 2.05) is 0 Å². The second-order valence-electron chi connectivity index (χ2n) is 5.15. The molecule has 0 atom stereocenters. The lowest BCUT2D eigenvalue weighted by atomic mass is 10.3. The van der Waals surface area contributed by atoms with Crippen LogP contribution in [-0.2, 0) is 7.05 Å². The smallest absolute Gasteiger partial charge is 0.282 e. The van der Waals surface area contributed by atoms with Crippen molar-refractivity contribution in [2.75, 3.05) is 43.1 Å². The highest BCUT2D eigenvalue weighted by atomic mass is 79.9. The molecule has 9 heteroatoms. The Morgan fingerprint density at radius 2 is 1.91 bits per heavy atom. The molecule has 2 aromatic rings. The lowest BCUT2D eigenvalue weighted by Gasteiger charge is -2.36. The maximum atomic E-state index is 12.0. The van der Waals surface area contributed by atoms with Crippen molar-refractivity contribution in [1.29, 1.82) is 0 Å². The minimum absolute atomic E-state index is 0.138. The van der Waals surface area contributed by atoms with Crippen LogP contribution in [0.2, 0.25) is 0 Å². The second-order valence-corrected chi connectivity index (χ2v) is 5.94. The van der Waals surface area contributed by atoms with E-state index in [2.05, 4.69) is 40.8 Å². The van der Waals surface area contributed by atoms with Crippen molar-refractivity contribution in [2.45, 2.75) is 0 Å². The number of hydrogen-bond acceptors (Lipinski definition) is 7. The van der Waals surface area contributed by atoms with Crippen LogP contribution in [0.4, 0.5) is 11.6 Å². The van der Waals surface area contributed by atoms with Gasteiger partial charge in [-0.05, 0) is 15.9 Å². The van der Waals surface area contributed by atoms with E-state index in [9.17, 15) is 4.79 Å². The summed E-state index contributed by atoms with van der Waals surface area (Å²) in [5, 5.41) is 4.09. The van der Waals surface area contributed by atoms with Crippen LogP contribution in [0.15, 0.2) is 27.7 Å². The van der Waals surface area contributed by atoms with Gasteiger partial charge in [0.1, 0.15) is 4.47 Å². The Morgan fingerprint density at radius 1 is 1.22 bits per heavy atom. The number of ether oxygens (including phenoxy) is 1. The molecule has 3 heterocycles. The summed E-state index contributed by atoms with van der Waals surface area (Å²) in [6.07, 6.45) is 3.40. The number of nitrogens with zero attached hydrogens (tertiary/aromatic N) is 6. The van der Waals surface area contributed by atoms with Gasteiger partial charge < -0.3 is 14.5 Å². The molecule has 1 aliphatic heterocycles. The first kappa shape index (κ1) is 15.7. The van der Waals surface area contributed by atoms with Crippen LogP contribution in [0.1, 0.15) is 0 Å². The maximum absolute atomic E-state index is 12.0. The zero-order valence-corrected chi connectivity index (χ0v) is 14.5. The average Bonchev–Trinajstić information content (AvgIpc) is 2.60. The molecule has 122 valence electrons. The van der Waals surface area contributed by atoms with Crippen molar-refractivity contribution >= 4 is 27.6 Å². The van der Waals surface area contributed by atoms with Gasteiger partial charge in [-0.15, -0.1) is 0 Å². The molecule has 1 saturated heterocycles. The first-order valence-corrected chi connectivity index (χ1v) is 7.98. The van der Waals surface area contributed by atoms with Gasteiger partial charge in [0.2, 0.25) is 11.8 Å². The predicted octanol–water partition coefficient (Wildman–Crippen LogP) is 0.668. The van der Waals surface area contributed by atoms with E-state index in [4.69, 9.17) is 4.74 Å². The molecular weight excluding hydrogens is 364 g/mol. The molecule has 0 unspecified atom stereocenters. The summed E-state index contributed by atoms with van der Waals surface area (Å²) in [6, 6.07) is 1.72. The topological polar surface area (TPSA) is 76.4 Å². The Kier molecular flexibility index (Phi) is 4.46. The standard InChI is InChI=1S/C14H17BrN6O2/c1-19-13(22)12(15)10(9-17-19)20-5-7-21(8-6-20)14-16-4-3-11(18-14)23-2/h3-4,9H,5-8H2,1-2H3. The molecule has 0 radical (unpaired) electrons. The van der Waals surface area contributed by atoms with Crippen LogP contribution in [0, 0.1) is 0 Å². The molecule has 0 aliphatic carbocycles. The number of piperazine rings is 1. The molecule has 23 heavy (non-hydrogen) atoms. The van der Waals surface area contributed by atoms with Gasteiger partial charge in [-0.2, -0.15) is 10.1 Å². The van der Waals surface area contributed by atoms with Crippen LogP contribution in [0.5, 0.6) is 5.88 Å². The van der Waals surface area contributed by atoms with Crippen LogP contribution < -0.4 is 20.1 Å². The number of anilines is 2. The third-order valence-electron chi connectivity index (χ3n) is 3.79. The van der Waals surface area contributed by atoms with Crippen molar-refractivity contribution in [3.05, 3.63) is 33.3 Å². The highest BCUT2D eigenvalue weighted by molar-refractivity contribution is 9.10. The lowest BCUT2D eigenvalue weighted by molar-refractivity contribution is 0.396. The third-order valence-corrected chi connectivity index (χ3v) is 4.53. The fourth-order valence-corrected chi connectivity index (χ4v) is 3.08. The van der Waals surface area contributed by atoms with E-state index in [0.717, 1.165) is 31.9 Å². The van der Waals surface area contributed by atoms with Gasteiger partial charge in [-0.3, -0.25) is 4.79 Å². The molecular formula is C14H17BrN6O2. The van der Waals surface area contributed by atoms with Gasteiger partial charge in [-0.25, -0.2) is 9.67 Å². The Labute approximate surface area is 141 Å². The van der Waals surface area contributed by atoms with E-state index in [1.54, 1.807) is 32.6 Å². The quantitative estimate of drug-likeness (QED) is 0.774. The fourth-order valence-electron chi connectivity index (χ4n) is 2.47. The van der Waals surface area contributed by atoms with E-state index in [1.165, 1.54) is 4.68 Å². The number of aryl methyl sites for hydroxylation is 1. The Balaban J connectivity index is 1.73. The molecule has 3 rings (SSSR count). The van der Waals surface area contributed by atoms with Crippen LogP contribution in [0.3, 0.4) is 0 Å². The molecule has 1 aliphatic rings. The number of methoxy groups -OCH3 is 1. The fraction of sp³-hybridized carbons (Fsp3) is 0.429. The molecule has 0 amide bonds. The molecule has 0 saturated carbocycles. The minimum atomic E-state index is -0.138. The normalized spacial score (nSPS) is 14.9. The van der Waals surface area contributed by atoms with Crippen molar-refractivity contribution in [3.8, 4) is 5.88 Å². The van der Waals surface area contributed by atoms with Gasteiger partial charge >= 0.3 is 0 Å². The SMILES string of the molecule is COc1ccnc(N2CCN(c3cnn(C)c(=O)c3Br)CC2)n1. The van der Waals surface area contributed by atoms with Gasteiger partial charge in [0.05, 0.1) is 19.0 Å². The van der Waals surface area contributed by atoms with Crippen molar-refractivity contribution < 1.29 is 4.74 Å². The number of aromatic nitrogens is 4. The summed E-state index contributed by atoms with van der Waals surface area (Å²) in [4.78, 5) is 24.9. The van der Waals surface area contributed by atoms with Gasteiger partial charge in [0.15, 0.2) is 0 Å². The summed E-state index contributed by atoms with van der Waals surface area (Å²) in [5.41, 5.74) is 0.681. The van der Waals surface area contributed by atoms with Crippen molar-refractivity contribution in [2.24, 2.45) is 7.05 Å². The number of hydrogen-bond donors (Lipinski definition) is 0. The Bertz CT molecular complexity index is 757. The average molecular weight is 381 g/mol. The summed E-state index contributed by atoms with van der Waals surface area (Å²) >= 11 is 3.38. The monoisotopic (exact) mass is 380 g/mol. The van der Waals surface area contributed by atoms with Crippen LogP contribution in [0.25, 0.3) is 0 Å². The van der Waals surface area contributed by atoms with Gasteiger partial charge in [-0.1, -0.05) is 0 Å². The molecule has 0 spiro atoms. The second kappa shape index (κ2) is 6.53. The summed E-state index contributed by atoms with van der Waals surface area (Å²) in [5.74, 6) is 1.21. The largest absolute Gasteiger partial charge is 0.481 e. The third kappa shape index (κ3) is 3.14. The summed E-state index contributed by atoms with van der Waals surface area (Å²) in [6.45, 7) is 3.03. The maximum Gasteiger partial charge on any atom is 0.282 e. The predicted molar refractivity (Wildman–Crippen MR) is 90.2 cm³/mol. The number of rotatable bonds is 3. The number of halogens is 1. The van der Waals surface area contributed by atoms with Gasteiger partial charge in [0, 0.05) is 45.5 Å². The van der Waals surface area contributed by atoms with E-state index >= 15 is 0 Å². The van der Waals surface area contributed by atoms with Crippen LogP contribution >= 0.6 is 15.9 Å². The first-order chi connectivity index (χ1) is 11.1. The lowest BCUT2D eigenvalue weighted by Crippen LogP contribution is -2.47. The van der Waals surface area contributed by atoms with E-state index in [-0.39, 0.29) is 5.56 Å². The highest BCUT2D eigenvalue weighted by Crippen LogP contribution is 2.23. The Hall–Kier alpha value is -2.16. The molecule has 1 fully saturated rings. The van der Waals surface area contributed by atoms with Crippen molar-refractivity contribution in [1.82, 2.24) is 19.7 Å². The van der Waals surface area contributed by atoms with Gasteiger partial charge in [0.25, 0.3) is 5.56 Å². The van der Waals surface area contributed by atoms with E-state index < -0.39 is 0 Å². The summed E-state index contributed by atoms with van der Waals surface area (Å²) in [7, 11) is 3.22. The van der Waals surface area contributed by atoms with E-state index in [0.29, 0.717) is 16.3 Å². The van der Waals surface area contributed by atoms with Crippen molar-refractivity contribution in [3.63, 3.8) is 0 Å². The molecule has 8 nitrogen and oxygen atoms in total. The minimum Gasteiger partial charge on any atom is -0.481 e. The zero-order valence-electron chi connectivity index (χ0n) is 12.9. The summed E-state index contributed by atoms with van der Waals surface area (Å²) < 4.78 is 6.99. The highest BCUT2D eigenvalue weighted by Gasteiger charge is 2.22. The molecule has 0 N–H and O–H groups in total. The zero-order chi connectivity index (χ0) is 16.4. The molecule has 0 aromatic carbocycles. The van der Waals surface area contributed by atoms with Crippen LogP contribution in [-0.4, -0.2) is 53.0 Å². The first-order valence-electron chi connectivity index (χ1n) is 7.19. The molecule has 2 aromatic heterocycles. The Morgan fingerprint density at radius 3 is 2.61 bits per heavy atom. The molecule has 0 bridgehead atoms.